The molecule has 0 bridgehead atoms. The van der Waals surface area contributed by atoms with Gasteiger partial charge in [-0.3, -0.25) is 16.3 Å². The van der Waals surface area contributed by atoms with Crippen LogP contribution < -0.4 is 26.9 Å². The first-order chi connectivity index (χ1) is 14.4. The van der Waals surface area contributed by atoms with Gasteiger partial charge in [-0.2, -0.15) is 5.53 Å². The molecule has 0 unspecified atom stereocenters. The van der Waals surface area contributed by atoms with Crippen LogP contribution in [-0.4, -0.2) is 16.0 Å². The molecule has 30 heavy (non-hydrogen) atoms. The zero-order valence-electron chi connectivity index (χ0n) is 16.9. The van der Waals surface area contributed by atoms with Crippen molar-refractivity contribution in [2.45, 2.75) is 27.4 Å². The highest BCUT2D eigenvalue weighted by molar-refractivity contribution is 5.89. The third-order valence-electron chi connectivity index (χ3n) is 4.56. The molecule has 3 aromatic rings. The summed E-state index contributed by atoms with van der Waals surface area (Å²) in [4.78, 5) is 20.5. The molecule has 0 aliphatic rings. The Morgan fingerprint density at radius 3 is 2.67 bits per heavy atom. The number of aromatic nitrogens is 2. The van der Waals surface area contributed by atoms with Crippen molar-refractivity contribution in [2.75, 3.05) is 5.32 Å². The molecule has 0 fully saturated rings. The zero-order chi connectivity index (χ0) is 21.7. The molecule has 0 radical (unpaired) electrons. The third kappa shape index (κ3) is 4.88. The number of urea groups is 1. The first kappa shape index (κ1) is 21.2. The van der Waals surface area contributed by atoms with Crippen molar-refractivity contribution in [3.63, 3.8) is 0 Å². The van der Waals surface area contributed by atoms with Crippen molar-refractivity contribution in [1.82, 2.24) is 20.9 Å². The van der Waals surface area contributed by atoms with E-state index in [2.05, 4.69) is 26.2 Å². The molecule has 0 saturated carbocycles. The number of halogens is 1. The fraction of sp³-hybridized carbons (Fsp3) is 0.190. The maximum absolute atomic E-state index is 13.2. The van der Waals surface area contributed by atoms with Gasteiger partial charge >= 0.3 is 6.03 Å². The molecular formula is C21H23FN6O2. The monoisotopic (exact) mass is 410 g/mol. The maximum Gasteiger partial charge on any atom is 0.334 e. The highest BCUT2D eigenvalue weighted by Crippen LogP contribution is 2.28. The first-order valence-corrected chi connectivity index (χ1v) is 9.23. The molecule has 156 valence electrons. The second kappa shape index (κ2) is 9.29. The van der Waals surface area contributed by atoms with E-state index in [0.29, 0.717) is 23.0 Å². The number of aryl methyl sites for hydroxylation is 3. The van der Waals surface area contributed by atoms with Crippen LogP contribution in [0.25, 0.3) is 11.3 Å². The molecule has 2 aromatic heterocycles. The van der Waals surface area contributed by atoms with E-state index in [1.165, 1.54) is 12.3 Å². The summed E-state index contributed by atoms with van der Waals surface area (Å²) in [6, 6.07) is 9.94. The predicted molar refractivity (Wildman–Crippen MR) is 112 cm³/mol. The Morgan fingerprint density at radius 1 is 1.17 bits per heavy atom. The quantitative estimate of drug-likeness (QED) is 0.366. The van der Waals surface area contributed by atoms with E-state index in [1.807, 2.05) is 39.0 Å². The third-order valence-corrected chi connectivity index (χ3v) is 4.56. The number of rotatable bonds is 6. The average molecular weight is 410 g/mol. The van der Waals surface area contributed by atoms with Gasteiger partial charge in [0.15, 0.2) is 0 Å². The Hall–Kier alpha value is -3.56. The second-order valence-electron chi connectivity index (χ2n) is 6.72. The van der Waals surface area contributed by atoms with Crippen molar-refractivity contribution in [2.24, 2.45) is 5.84 Å². The van der Waals surface area contributed by atoms with Crippen molar-refractivity contribution in [3.05, 3.63) is 70.8 Å². The molecule has 0 atom stereocenters. The molecule has 5 N–H and O–H groups in total. The number of pyridine rings is 2. The Bertz CT molecular complexity index is 1060. The van der Waals surface area contributed by atoms with Gasteiger partial charge in [0.1, 0.15) is 12.4 Å². The lowest BCUT2D eigenvalue weighted by Crippen LogP contribution is -2.44. The normalized spacial score (nSPS) is 10.6. The molecule has 1 aromatic carbocycles. The number of hydrazine groups is 2. The van der Waals surface area contributed by atoms with Gasteiger partial charge in [0.25, 0.3) is 0 Å². The summed E-state index contributed by atoms with van der Waals surface area (Å²) in [5.41, 5.74) is 9.68. The lowest BCUT2D eigenvalue weighted by atomic mass is 10.1. The van der Waals surface area contributed by atoms with E-state index < -0.39 is 6.03 Å². The van der Waals surface area contributed by atoms with Crippen molar-refractivity contribution in [3.8, 4) is 17.1 Å². The number of ether oxygens (including phenoxy) is 1. The standard InChI is InChI=1S/C21H23FN6O2/c1-12-5-4-6-19(26-21(29)27-28-23)17(12)11-30-20-13(2)9-16(14(3)25-20)18-8-7-15(22)10-24-18/h4-10,28H,11,23H2,1-3H3,(H2,26,27,29). The van der Waals surface area contributed by atoms with Gasteiger partial charge in [-0.05, 0) is 50.6 Å². The summed E-state index contributed by atoms with van der Waals surface area (Å²) in [7, 11) is 0. The Morgan fingerprint density at radius 2 is 1.97 bits per heavy atom. The molecule has 0 aliphatic carbocycles. The van der Waals surface area contributed by atoms with Crippen LogP contribution >= 0.6 is 0 Å². The summed E-state index contributed by atoms with van der Waals surface area (Å²) in [5, 5.41) is 2.72. The van der Waals surface area contributed by atoms with Crippen molar-refractivity contribution >= 4 is 11.7 Å². The number of amides is 2. The lowest BCUT2D eigenvalue weighted by molar-refractivity contribution is 0.248. The van der Waals surface area contributed by atoms with Gasteiger partial charge in [0.2, 0.25) is 5.88 Å². The maximum atomic E-state index is 13.2. The Labute approximate surface area is 173 Å². The van der Waals surface area contributed by atoms with E-state index in [9.17, 15) is 9.18 Å². The van der Waals surface area contributed by atoms with Crippen LogP contribution in [0.5, 0.6) is 5.88 Å². The second-order valence-corrected chi connectivity index (χ2v) is 6.72. The van der Waals surface area contributed by atoms with Gasteiger partial charge in [-0.1, -0.05) is 12.1 Å². The van der Waals surface area contributed by atoms with Gasteiger partial charge in [-0.15, -0.1) is 0 Å². The molecular weight excluding hydrogens is 387 g/mol. The van der Waals surface area contributed by atoms with Gasteiger partial charge < -0.3 is 10.1 Å². The zero-order valence-corrected chi connectivity index (χ0v) is 16.9. The number of nitrogens with one attached hydrogen (secondary N) is 3. The van der Waals surface area contributed by atoms with E-state index in [1.54, 1.807) is 12.1 Å². The minimum absolute atomic E-state index is 0.208. The minimum Gasteiger partial charge on any atom is -0.473 e. The van der Waals surface area contributed by atoms with Crippen LogP contribution in [0, 0.1) is 26.6 Å². The molecule has 3 rings (SSSR count). The van der Waals surface area contributed by atoms with Crippen LogP contribution in [0.2, 0.25) is 0 Å². The lowest BCUT2D eigenvalue weighted by Gasteiger charge is -2.16. The molecule has 2 amide bonds. The van der Waals surface area contributed by atoms with Crippen LogP contribution in [0.15, 0.2) is 42.6 Å². The van der Waals surface area contributed by atoms with E-state index in [4.69, 9.17) is 10.6 Å². The summed E-state index contributed by atoms with van der Waals surface area (Å²) in [6.45, 7) is 5.86. The average Bonchev–Trinajstić information content (AvgIpc) is 2.70. The fourth-order valence-corrected chi connectivity index (χ4v) is 2.99. The van der Waals surface area contributed by atoms with Gasteiger partial charge in [0, 0.05) is 22.4 Å². The summed E-state index contributed by atoms with van der Waals surface area (Å²) in [5.74, 6) is 5.18. The number of nitrogens with zero attached hydrogens (tertiary/aromatic N) is 2. The molecule has 9 heteroatoms. The SMILES string of the molecule is Cc1cc(-c2ccc(F)cn2)c(C)nc1OCc1c(C)cccc1NC(=O)NNN. The summed E-state index contributed by atoms with van der Waals surface area (Å²) in [6.07, 6.45) is 1.18. The van der Waals surface area contributed by atoms with Crippen LogP contribution in [-0.2, 0) is 6.61 Å². The number of hydrogen-bond donors (Lipinski definition) is 4. The molecule has 0 spiro atoms. The van der Waals surface area contributed by atoms with E-state index in [0.717, 1.165) is 22.3 Å². The number of anilines is 1. The number of nitrogens with two attached hydrogens (primary N) is 1. The molecule has 0 saturated heterocycles. The summed E-state index contributed by atoms with van der Waals surface area (Å²) >= 11 is 0. The van der Waals surface area contributed by atoms with Crippen molar-refractivity contribution in [1.29, 1.82) is 0 Å². The highest BCUT2D eigenvalue weighted by Gasteiger charge is 2.13. The van der Waals surface area contributed by atoms with Crippen molar-refractivity contribution < 1.29 is 13.9 Å². The minimum atomic E-state index is -0.495. The van der Waals surface area contributed by atoms with Gasteiger partial charge in [0.05, 0.1) is 17.6 Å². The molecule has 0 aliphatic heterocycles. The van der Waals surface area contributed by atoms with E-state index >= 15 is 0 Å². The number of carbonyl (C=O) groups excluding carboxylic acids is 1. The summed E-state index contributed by atoms with van der Waals surface area (Å²) < 4.78 is 19.1. The van der Waals surface area contributed by atoms with Crippen LogP contribution in [0.1, 0.15) is 22.4 Å². The topological polar surface area (TPSA) is 114 Å². The predicted octanol–water partition coefficient (Wildman–Crippen LogP) is 3.29. The van der Waals surface area contributed by atoms with Crippen LogP contribution in [0.4, 0.5) is 14.9 Å². The number of carbonyl (C=O) groups is 1. The molecule has 8 nitrogen and oxygen atoms in total. The largest absolute Gasteiger partial charge is 0.473 e. The fourth-order valence-electron chi connectivity index (χ4n) is 2.99. The Kier molecular flexibility index (Phi) is 6.55. The first-order valence-electron chi connectivity index (χ1n) is 9.23. The van der Waals surface area contributed by atoms with Gasteiger partial charge in [-0.25, -0.2) is 14.2 Å². The van der Waals surface area contributed by atoms with Crippen LogP contribution in [0.3, 0.4) is 0 Å². The smallest absolute Gasteiger partial charge is 0.334 e. The number of benzene rings is 1. The molecule has 2 heterocycles. The Balaban J connectivity index is 1.82. The van der Waals surface area contributed by atoms with E-state index in [-0.39, 0.29) is 12.4 Å². The number of hydrogen-bond acceptors (Lipinski definition) is 6. The highest BCUT2D eigenvalue weighted by atomic mass is 19.1.